The van der Waals surface area contributed by atoms with Crippen molar-refractivity contribution in [1.29, 1.82) is 0 Å². The molecule has 0 radical (unpaired) electrons. The Hall–Kier alpha value is -2.17. The number of nitrogens with zero attached hydrogens (tertiary/aromatic N) is 1. The Bertz CT molecular complexity index is 451. The number of hydrogen-bond donors (Lipinski definition) is 2. The summed E-state index contributed by atoms with van der Waals surface area (Å²) in [6, 6.07) is 2.29. The molecule has 0 spiro atoms. The first kappa shape index (κ1) is 13.9. The van der Waals surface area contributed by atoms with Gasteiger partial charge in [0, 0.05) is 12.4 Å². The molecule has 0 aliphatic rings. The lowest BCUT2D eigenvalue weighted by Gasteiger charge is -2.12. The van der Waals surface area contributed by atoms with Crippen molar-refractivity contribution < 1.29 is 14.7 Å². The molecule has 1 aromatic rings. The highest BCUT2D eigenvalue weighted by Gasteiger charge is 2.19. The number of rotatable bonds is 5. The molecule has 1 rings (SSSR count). The summed E-state index contributed by atoms with van der Waals surface area (Å²) in [6.45, 7) is 3.75. The molecule has 0 bridgehead atoms. The Labute approximate surface area is 106 Å². The Kier molecular flexibility index (Phi) is 5.05. The highest BCUT2D eigenvalue weighted by atomic mass is 16.4. The summed E-state index contributed by atoms with van der Waals surface area (Å²) in [5, 5.41) is 11.5. The first-order valence-corrected chi connectivity index (χ1v) is 5.57. The third kappa shape index (κ3) is 4.37. The van der Waals surface area contributed by atoms with Crippen molar-refractivity contribution in [3.8, 4) is 0 Å². The van der Waals surface area contributed by atoms with E-state index in [0.29, 0.717) is 5.56 Å². The van der Waals surface area contributed by atoms with Crippen LogP contribution in [0.25, 0.3) is 0 Å². The summed E-state index contributed by atoms with van der Waals surface area (Å²) < 4.78 is 0. The Morgan fingerprint density at radius 1 is 1.50 bits per heavy atom. The third-order valence-corrected chi connectivity index (χ3v) is 2.29. The maximum Gasteiger partial charge on any atom is 0.326 e. The highest BCUT2D eigenvalue weighted by molar-refractivity contribution is 5.96. The van der Waals surface area contributed by atoms with Crippen LogP contribution in [0.1, 0.15) is 30.6 Å². The van der Waals surface area contributed by atoms with Gasteiger partial charge in [-0.25, -0.2) is 4.79 Å². The van der Waals surface area contributed by atoms with Crippen LogP contribution in [-0.2, 0) is 4.79 Å². The summed E-state index contributed by atoms with van der Waals surface area (Å²) in [6.07, 6.45) is 5.00. The number of allylic oxidation sites excluding steroid dienone is 1. The Morgan fingerprint density at radius 3 is 2.72 bits per heavy atom. The minimum absolute atomic E-state index is 0.268. The van der Waals surface area contributed by atoms with Crippen LogP contribution in [0.2, 0.25) is 0 Å². The minimum Gasteiger partial charge on any atom is -0.480 e. The van der Waals surface area contributed by atoms with E-state index < -0.39 is 17.9 Å². The van der Waals surface area contributed by atoms with Crippen molar-refractivity contribution in [3.05, 3.63) is 41.7 Å². The zero-order valence-electron chi connectivity index (χ0n) is 10.4. The van der Waals surface area contributed by atoms with Crippen molar-refractivity contribution in [3.63, 3.8) is 0 Å². The molecule has 0 aliphatic heterocycles. The zero-order valence-corrected chi connectivity index (χ0v) is 10.4. The van der Waals surface area contributed by atoms with Gasteiger partial charge in [0.05, 0.1) is 5.56 Å². The lowest BCUT2D eigenvalue weighted by atomic mass is 10.1. The summed E-state index contributed by atoms with van der Waals surface area (Å²) in [5.41, 5.74) is 1.36. The van der Waals surface area contributed by atoms with Crippen LogP contribution in [0.15, 0.2) is 36.2 Å². The topological polar surface area (TPSA) is 79.3 Å². The largest absolute Gasteiger partial charge is 0.480 e. The second-order valence-corrected chi connectivity index (χ2v) is 4.12. The van der Waals surface area contributed by atoms with Crippen LogP contribution in [-0.4, -0.2) is 28.0 Å². The fourth-order valence-corrected chi connectivity index (χ4v) is 1.31. The molecule has 96 valence electrons. The van der Waals surface area contributed by atoms with E-state index in [9.17, 15) is 9.59 Å². The lowest BCUT2D eigenvalue weighted by molar-refractivity contribution is -0.139. The van der Waals surface area contributed by atoms with E-state index >= 15 is 0 Å². The molecule has 1 amide bonds. The minimum atomic E-state index is -1.05. The number of pyridine rings is 1. The van der Waals surface area contributed by atoms with Gasteiger partial charge in [0.1, 0.15) is 6.04 Å². The second kappa shape index (κ2) is 6.54. The van der Waals surface area contributed by atoms with Gasteiger partial charge >= 0.3 is 5.97 Å². The molecular formula is C13H16N2O3. The van der Waals surface area contributed by atoms with Crippen LogP contribution in [0.4, 0.5) is 0 Å². The molecule has 0 aliphatic carbocycles. The number of amides is 1. The average Bonchev–Trinajstić information content (AvgIpc) is 2.34. The number of nitrogens with one attached hydrogen (secondary N) is 1. The van der Waals surface area contributed by atoms with Crippen LogP contribution in [0.3, 0.4) is 0 Å². The van der Waals surface area contributed by atoms with Crippen LogP contribution >= 0.6 is 0 Å². The molecule has 0 fully saturated rings. The molecule has 0 saturated carbocycles. The van der Waals surface area contributed by atoms with E-state index in [2.05, 4.69) is 10.3 Å². The molecular weight excluding hydrogens is 232 g/mol. The Balaban J connectivity index is 2.70. The molecule has 5 nitrogen and oxygen atoms in total. The first-order chi connectivity index (χ1) is 8.50. The van der Waals surface area contributed by atoms with Gasteiger partial charge < -0.3 is 10.4 Å². The normalized spacial score (nSPS) is 11.4. The van der Waals surface area contributed by atoms with E-state index in [1.807, 2.05) is 13.8 Å². The predicted octanol–water partition coefficient (Wildman–Crippen LogP) is 1.62. The van der Waals surface area contributed by atoms with Crippen molar-refractivity contribution in [1.82, 2.24) is 10.3 Å². The predicted molar refractivity (Wildman–Crippen MR) is 67.2 cm³/mol. The SMILES string of the molecule is CC(C)=CC[C@@H](NC(=O)c1cccnc1)C(=O)O. The summed E-state index contributed by atoms with van der Waals surface area (Å²) in [7, 11) is 0. The van der Waals surface area contributed by atoms with Crippen molar-refractivity contribution in [2.75, 3.05) is 0 Å². The molecule has 1 heterocycles. The number of aliphatic carboxylic acids is 1. The summed E-state index contributed by atoms with van der Waals surface area (Å²) in [4.78, 5) is 26.6. The van der Waals surface area contributed by atoms with Crippen molar-refractivity contribution in [2.45, 2.75) is 26.3 Å². The van der Waals surface area contributed by atoms with Crippen molar-refractivity contribution in [2.24, 2.45) is 0 Å². The number of carbonyl (C=O) groups is 2. The number of aromatic nitrogens is 1. The molecule has 1 aromatic heterocycles. The van der Waals surface area contributed by atoms with Gasteiger partial charge in [-0.1, -0.05) is 11.6 Å². The van der Waals surface area contributed by atoms with E-state index in [4.69, 9.17) is 5.11 Å². The lowest BCUT2D eigenvalue weighted by Crippen LogP contribution is -2.40. The highest BCUT2D eigenvalue weighted by Crippen LogP contribution is 2.02. The van der Waals surface area contributed by atoms with Gasteiger partial charge in [-0.05, 0) is 32.4 Å². The maximum absolute atomic E-state index is 11.8. The fraction of sp³-hybridized carbons (Fsp3) is 0.308. The first-order valence-electron chi connectivity index (χ1n) is 5.57. The van der Waals surface area contributed by atoms with Crippen LogP contribution < -0.4 is 5.32 Å². The molecule has 5 heteroatoms. The van der Waals surface area contributed by atoms with Gasteiger partial charge in [0.25, 0.3) is 5.91 Å². The number of carbonyl (C=O) groups excluding carboxylic acids is 1. The van der Waals surface area contributed by atoms with E-state index in [0.717, 1.165) is 5.57 Å². The van der Waals surface area contributed by atoms with E-state index in [1.54, 1.807) is 24.4 Å². The molecule has 1 atom stereocenters. The third-order valence-electron chi connectivity index (χ3n) is 2.29. The van der Waals surface area contributed by atoms with Crippen LogP contribution in [0, 0.1) is 0 Å². The zero-order chi connectivity index (χ0) is 13.5. The number of carboxylic acids is 1. The smallest absolute Gasteiger partial charge is 0.326 e. The average molecular weight is 248 g/mol. The van der Waals surface area contributed by atoms with Crippen molar-refractivity contribution >= 4 is 11.9 Å². The fourth-order valence-electron chi connectivity index (χ4n) is 1.31. The number of hydrogen-bond acceptors (Lipinski definition) is 3. The molecule has 0 aromatic carbocycles. The van der Waals surface area contributed by atoms with Gasteiger partial charge in [0.15, 0.2) is 0 Å². The number of carboxylic acid groups (broad SMARTS) is 1. The monoisotopic (exact) mass is 248 g/mol. The molecule has 2 N–H and O–H groups in total. The van der Waals surface area contributed by atoms with Gasteiger partial charge in [-0.2, -0.15) is 0 Å². The van der Waals surface area contributed by atoms with Crippen LogP contribution in [0.5, 0.6) is 0 Å². The standard InChI is InChI=1S/C13H16N2O3/c1-9(2)5-6-11(13(17)18)15-12(16)10-4-3-7-14-8-10/h3-5,7-8,11H,6H2,1-2H3,(H,15,16)(H,17,18)/t11-/m1/s1. The summed E-state index contributed by atoms with van der Waals surface area (Å²) in [5.74, 6) is -1.48. The molecule has 0 saturated heterocycles. The van der Waals surface area contributed by atoms with E-state index in [-0.39, 0.29) is 6.42 Å². The van der Waals surface area contributed by atoms with E-state index in [1.165, 1.54) is 6.20 Å². The maximum atomic E-state index is 11.8. The van der Waals surface area contributed by atoms with Gasteiger partial charge in [0.2, 0.25) is 0 Å². The molecule has 18 heavy (non-hydrogen) atoms. The quantitative estimate of drug-likeness (QED) is 0.776. The molecule has 0 unspecified atom stereocenters. The second-order valence-electron chi connectivity index (χ2n) is 4.12. The van der Waals surface area contributed by atoms with Gasteiger partial charge in [-0.3, -0.25) is 9.78 Å². The van der Waals surface area contributed by atoms with Gasteiger partial charge in [-0.15, -0.1) is 0 Å². The summed E-state index contributed by atoms with van der Waals surface area (Å²) >= 11 is 0. The Morgan fingerprint density at radius 2 is 2.22 bits per heavy atom.